The largest absolute Gasteiger partial charge is 0.272 e. The van der Waals surface area contributed by atoms with Crippen LogP contribution in [0.25, 0.3) is 0 Å². The Kier molecular flexibility index (Phi) is 5.65. The highest BCUT2D eigenvalue weighted by atomic mass is 32.2. The third kappa shape index (κ3) is 5.19. The van der Waals surface area contributed by atoms with Crippen molar-refractivity contribution in [1.82, 2.24) is 10.1 Å². The van der Waals surface area contributed by atoms with Crippen molar-refractivity contribution in [2.75, 3.05) is 6.54 Å². The van der Waals surface area contributed by atoms with Gasteiger partial charge in [-0.05, 0) is 25.5 Å². The number of benzene rings is 1. The first-order chi connectivity index (χ1) is 8.95. The fourth-order valence-electron chi connectivity index (χ4n) is 1.12. The van der Waals surface area contributed by atoms with Crippen LogP contribution in [-0.4, -0.2) is 26.6 Å². The van der Waals surface area contributed by atoms with Crippen LogP contribution in [0, 0.1) is 0 Å². The third-order valence-corrected chi connectivity index (χ3v) is 3.78. The summed E-state index contributed by atoms with van der Waals surface area (Å²) in [5, 5.41) is 3.80. The maximum Gasteiger partial charge on any atom is 0.255 e. The Bertz CT molecular complexity index is 553. The molecule has 0 fully saturated rings. The number of nitrogens with zero attached hydrogens (tertiary/aromatic N) is 1. The Hall–Kier alpha value is -1.73. The summed E-state index contributed by atoms with van der Waals surface area (Å²) >= 11 is 0. The minimum absolute atomic E-state index is 0.121. The van der Waals surface area contributed by atoms with Gasteiger partial charge in [0.15, 0.2) is 0 Å². The van der Waals surface area contributed by atoms with Crippen molar-refractivity contribution in [2.24, 2.45) is 5.10 Å². The monoisotopic (exact) mass is 283 g/mol. The summed E-state index contributed by atoms with van der Waals surface area (Å²) in [6.45, 7) is 3.33. The first-order valence-corrected chi connectivity index (χ1v) is 7.30. The standard InChI is InChI=1S/C12H17N3O3S/c1-3-10(2)14-15-12(16)9-13-19(17,18)11-7-5-4-6-8-11/h4-8,13H,3,9H2,1-2H3,(H,15,16)/b14-10-. The molecule has 104 valence electrons. The molecule has 0 spiro atoms. The number of amides is 1. The van der Waals surface area contributed by atoms with E-state index in [0.29, 0.717) is 0 Å². The number of hydrogen-bond acceptors (Lipinski definition) is 4. The zero-order valence-electron chi connectivity index (χ0n) is 10.9. The van der Waals surface area contributed by atoms with Crippen LogP contribution in [0.4, 0.5) is 0 Å². The van der Waals surface area contributed by atoms with Gasteiger partial charge in [0.2, 0.25) is 10.0 Å². The molecule has 2 N–H and O–H groups in total. The zero-order valence-corrected chi connectivity index (χ0v) is 11.7. The van der Waals surface area contributed by atoms with E-state index in [-0.39, 0.29) is 11.4 Å². The van der Waals surface area contributed by atoms with Crippen LogP contribution in [0.3, 0.4) is 0 Å². The second-order valence-corrected chi connectivity index (χ2v) is 5.64. The molecule has 0 aliphatic carbocycles. The van der Waals surface area contributed by atoms with Crippen molar-refractivity contribution in [1.29, 1.82) is 0 Å². The first-order valence-electron chi connectivity index (χ1n) is 5.82. The lowest BCUT2D eigenvalue weighted by Gasteiger charge is -2.05. The fourth-order valence-corrected chi connectivity index (χ4v) is 2.12. The van der Waals surface area contributed by atoms with Crippen molar-refractivity contribution < 1.29 is 13.2 Å². The molecule has 1 aromatic rings. The van der Waals surface area contributed by atoms with Gasteiger partial charge in [0.05, 0.1) is 11.4 Å². The zero-order chi connectivity index (χ0) is 14.3. The molecule has 0 radical (unpaired) electrons. The van der Waals surface area contributed by atoms with Gasteiger partial charge in [-0.1, -0.05) is 25.1 Å². The third-order valence-electron chi connectivity index (χ3n) is 2.36. The number of sulfonamides is 1. The molecule has 0 bridgehead atoms. The molecule has 1 rings (SSSR count). The molecule has 1 aromatic carbocycles. The van der Waals surface area contributed by atoms with E-state index in [1.807, 2.05) is 6.92 Å². The highest BCUT2D eigenvalue weighted by Crippen LogP contribution is 2.06. The molecule has 0 atom stereocenters. The molecule has 0 unspecified atom stereocenters. The number of nitrogens with one attached hydrogen (secondary N) is 2. The predicted molar refractivity (Wildman–Crippen MR) is 73.2 cm³/mol. The van der Waals surface area contributed by atoms with E-state index >= 15 is 0 Å². The Balaban J connectivity index is 2.55. The van der Waals surface area contributed by atoms with Crippen LogP contribution in [0.1, 0.15) is 20.3 Å². The van der Waals surface area contributed by atoms with Gasteiger partial charge in [0.25, 0.3) is 5.91 Å². The minimum atomic E-state index is -3.66. The van der Waals surface area contributed by atoms with Crippen LogP contribution in [-0.2, 0) is 14.8 Å². The van der Waals surface area contributed by atoms with Crippen LogP contribution in [0.2, 0.25) is 0 Å². The van der Waals surface area contributed by atoms with E-state index in [2.05, 4.69) is 15.2 Å². The lowest BCUT2D eigenvalue weighted by atomic mass is 10.3. The number of carbonyl (C=O) groups is 1. The maximum absolute atomic E-state index is 11.8. The van der Waals surface area contributed by atoms with Gasteiger partial charge in [0.1, 0.15) is 0 Å². The Morgan fingerprint density at radius 3 is 2.47 bits per heavy atom. The Morgan fingerprint density at radius 1 is 1.26 bits per heavy atom. The average molecular weight is 283 g/mol. The average Bonchev–Trinajstić information content (AvgIpc) is 2.43. The Morgan fingerprint density at radius 2 is 1.89 bits per heavy atom. The molecule has 7 heteroatoms. The van der Waals surface area contributed by atoms with Gasteiger partial charge in [-0.3, -0.25) is 4.79 Å². The number of hydrogen-bond donors (Lipinski definition) is 2. The summed E-state index contributed by atoms with van der Waals surface area (Å²) in [5.74, 6) is -0.507. The van der Waals surface area contributed by atoms with E-state index in [0.717, 1.165) is 12.1 Å². The number of carbonyl (C=O) groups excluding carboxylic acids is 1. The van der Waals surface area contributed by atoms with Gasteiger partial charge in [0, 0.05) is 5.71 Å². The molecule has 1 amide bonds. The Labute approximate surface area is 113 Å². The van der Waals surface area contributed by atoms with Crippen LogP contribution < -0.4 is 10.1 Å². The van der Waals surface area contributed by atoms with Crippen molar-refractivity contribution in [3.05, 3.63) is 30.3 Å². The molecule has 19 heavy (non-hydrogen) atoms. The molecular weight excluding hydrogens is 266 g/mol. The van der Waals surface area contributed by atoms with E-state index in [1.54, 1.807) is 25.1 Å². The smallest absolute Gasteiger partial charge is 0.255 e. The van der Waals surface area contributed by atoms with Gasteiger partial charge in [-0.25, -0.2) is 18.6 Å². The van der Waals surface area contributed by atoms with E-state index in [1.165, 1.54) is 12.1 Å². The summed E-state index contributed by atoms with van der Waals surface area (Å²) in [4.78, 5) is 11.5. The second kappa shape index (κ2) is 7.01. The van der Waals surface area contributed by atoms with E-state index < -0.39 is 15.9 Å². The topological polar surface area (TPSA) is 87.6 Å². The second-order valence-electron chi connectivity index (χ2n) is 3.87. The molecular formula is C12H17N3O3S. The van der Waals surface area contributed by atoms with Crippen molar-refractivity contribution in [3.63, 3.8) is 0 Å². The quantitative estimate of drug-likeness (QED) is 0.600. The summed E-state index contributed by atoms with van der Waals surface area (Å²) in [6.07, 6.45) is 0.718. The summed E-state index contributed by atoms with van der Waals surface area (Å²) < 4.78 is 25.8. The van der Waals surface area contributed by atoms with Crippen LogP contribution >= 0.6 is 0 Å². The van der Waals surface area contributed by atoms with Gasteiger partial charge < -0.3 is 0 Å². The lowest BCUT2D eigenvalue weighted by Crippen LogP contribution is -2.35. The summed E-state index contributed by atoms with van der Waals surface area (Å²) in [6, 6.07) is 7.86. The van der Waals surface area contributed by atoms with Crippen molar-refractivity contribution in [3.8, 4) is 0 Å². The van der Waals surface area contributed by atoms with Crippen LogP contribution in [0.15, 0.2) is 40.3 Å². The predicted octanol–water partition coefficient (Wildman–Crippen LogP) is 0.867. The fraction of sp³-hybridized carbons (Fsp3) is 0.333. The molecule has 0 aromatic heterocycles. The highest BCUT2D eigenvalue weighted by Gasteiger charge is 2.14. The molecule has 0 saturated carbocycles. The van der Waals surface area contributed by atoms with Crippen LogP contribution in [0.5, 0.6) is 0 Å². The van der Waals surface area contributed by atoms with Gasteiger partial charge in [-0.2, -0.15) is 5.10 Å². The maximum atomic E-state index is 11.8. The van der Waals surface area contributed by atoms with Gasteiger partial charge in [-0.15, -0.1) is 0 Å². The van der Waals surface area contributed by atoms with Gasteiger partial charge >= 0.3 is 0 Å². The molecule has 0 aliphatic heterocycles. The summed E-state index contributed by atoms with van der Waals surface area (Å²) in [5.41, 5.74) is 3.04. The van der Waals surface area contributed by atoms with E-state index in [9.17, 15) is 13.2 Å². The van der Waals surface area contributed by atoms with E-state index in [4.69, 9.17) is 0 Å². The molecule has 0 aliphatic rings. The normalized spacial score (nSPS) is 12.2. The molecule has 0 heterocycles. The molecule has 0 saturated heterocycles. The molecule has 6 nitrogen and oxygen atoms in total. The minimum Gasteiger partial charge on any atom is -0.272 e. The lowest BCUT2D eigenvalue weighted by molar-refractivity contribution is -0.119. The SMILES string of the molecule is CC/C(C)=N\NC(=O)CNS(=O)(=O)c1ccccc1. The number of rotatable bonds is 6. The summed E-state index contributed by atoms with van der Waals surface area (Å²) in [7, 11) is -3.66. The highest BCUT2D eigenvalue weighted by molar-refractivity contribution is 7.89. The first kappa shape index (κ1) is 15.3. The van der Waals surface area contributed by atoms with Crippen molar-refractivity contribution in [2.45, 2.75) is 25.2 Å². The number of hydrazone groups is 1. The van der Waals surface area contributed by atoms with Crippen molar-refractivity contribution >= 4 is 21.6 Å².